The van der Waals surface area contributed by atoms with E-state index in [0.29, 0.717) is 23.4 Å². The predicted octanol–water partition coefficient (Wildman–Crippen LogP) is 3.48. The highest BCUT2D eigenvalue weighted by Crippen LogP contribution is 2.36. The number of rotatable bonds is 2. The first-order chi connectivity index (χ1) is 11.1. The average molecular weight is 311 g/mol. The van der Waals surface area contributed by atoms with Crippen molar-refractivity contribution in [2.75, 3.05) is 7.11 Å². The van der Waals surface area contributed by atoms with Crippen LogP contribution >= 0.6 is 0 Å². The quantitative estimate of drug-likeness (QED) is 0.524. The summed E-state index contributed by atoms with van der Waals surface area (Å²) in [6, 6.07) is 12.8. The lowest BCUT2D eigenvalue weighted by Crippen LogP contribution is -2.21. The Kier molecular flexibility index (Phi) is 4.02. The predicted molar refractivity (Wildman–Crippen MR) is 85.3 cm³/mol. The van der Waals surface area contributed by atoms with Gasteiger partial charge in [-0.2, -0.15) is 0 Å². The standard InChI is InChI=1S/C18H17NO4/c1-11-6-7-16-14(8-11)15(19-21)10-17(23-16)12-4-3-5-13(9-12)18(20)22-2/h3-9,17,21H,10H2,1-2H3/t17-/m1/s1. The molecule has 2 aromatic rings. The lowest BCUT2D eigenvalue weighted by atomic mass is 9.94. The Morgan fingerprint density at radius 2 is 2.13 bits per heavy atom. The number of hydrogen-bond donors (Lipinski definition) is 1. The molecular weight excluding hydrogens is 294 g/mol. The van der Waals surface area contributed by atoms with Crippen molar-refractivity contribution in [2.45, 2.75) is 19.4 Å². The van der Waals surface area contributed by atoms with E-state index < -0.39 is 5.97 Å². The van der Waals surface area contributed by atoms with E-state index >= 15 is 0 Å². The van der Waals surface area contributed by atoms with Crippen LogP contribution in [-0.4, -0.2) is 24.0 Å². The minimum Gasteiger partial charge on any atom is -0.485 e. The summed E-state index contributed by atoms with van der Waals surface area (Å²) in [6.07, 6.45) is 0.109. The number of carbonyl (C=O) groups is 1. The normalized spacial score (nSPS) is 18.2. The molecule has 1 N–H and O–H groups in total. The van der Waals surface area contributed by atoms with Gasteiger partial charge in [-0.05, 0) is 36.8 Å². The van der Waals surface area contributed by atoms with Gasteiger partial charge in [0.15, 0.2) is 0 Å². The minimum absolute atomic E-state index is 0.319. The number of esters is 1. The molecule has 0 radical (unpaired) electrons. The van der Waals surface area contributed by atoms with Crippen LogP contribution in [-0.2, 0) is 4.74 Å². The molecule has 5 heteroatoms. The van der Waals surface area contributed by atoms with E-state index in [9.17, 15) is 10.0 Å². The Bertz CT molecular complexity index is 782. The Balaban J connectivity index is 1.97. The summed E-state index contributed by atoms with van der Waals surface area (Å²) in [5.74, 6) is 0.276. The number of ether oxygens (including phenoxy) is 2. The number of carbonyl (C=O) groups excluding carboxylic acids is 1. The monoisotopic (exact) mass is 311 g/mol. The molecule has 1 aliphatic rings. The van der Waals surface area contributed by atoms with Gasteiger partial charge in [-0.1, -0.05) is 28.9 Å². The van der Waals surface area contributed by atoms with Crippen molar-refractivity contribution < 1.29 is 19.5 Å². The third-order valence-electron chi connectivity index (χ3n) is 3.89. The van der Waals surface area contributed by atoms with E-state index in [-0.39, 0.29) is 6.10 Å². The van der Waals surface area contributed by atoms with Crippen LogP contribution in [0.1, 0.15) is 39.6 Å². The van der Waals surface area contributed by atoms with Crippen molar-refractivity contribution in [3.8, 4) is 5.75 Å². The van der Waals surface area contributed by atoms with Crippen LogP contribution in [0.2, 0.25) is 0 Å². The number of benzene rings is 2. The van der Waals surface area contributed by atoms with Gasteiger partial charge >= 0.3 is 5.97 Å². The first kappa shape index (κ1) is 15.1. The van der Waals surface area contributed by atoms with Gasteiger partial charge < -0.3 is 14.7 Å². The third kappa shape index (κ3) is 2.90. The zero-order chi connectivity index (χ0) is 16.4. The van der Waals surface area contributed by atoms with E-state index in [1.165, 1.54) is 7.11 Å². The summed E-state index contributed by atoms with van der Waals surface area (Å²) in [7, 11) is 1.35. The lowest BCUT2D eigenvalue weighted by Gasteiger charge is -2.27. The molecule has 0 spiro atoms. The summed E-state index contributed by atoms with van der Waals surface area (Å²) in [6.45, 7) is 1.97. The maximum absolute atomic E-state index is 11.7. The van der Waals surface area contributed by atoms with Crippen molar-refractivity contribution >= 4 is 11.7 Å². The fraction of sp³-hybridized carbons (Fsp3) is 0.222. The van der Waals surface area contributed by atoms with E-state index in [4.69, 9.17) is 9.47 Å². The molecule has 1 atom stereocenters. The maximum Gasteiger partial charge on any atom is 0.337 e. The largest absolute Gasteiger partial charge is 0.485 e. The summed E-state index contributed by atoms with van der Waals surface area (Å²) in [4.78, 5) is 11.7. The summed E-state index contributed by atoms with van der Waals surface area (Å²) >= 11 is 0. The Labute approximate surface area is 134 Å². The van der Waals surface area contributed by atoms with Crippen LogP contribution in [0.5, 0.6) is 5.75 Å². The molecule has 1 heterocycles. The minimum atomic E-state index is -0.394. The van der Waals surface area contributed by atoms with Gasteiger partial charge in [0.1, 0.15) is 11.9 Å². The van der Waals surface area contributed by atoms with E-state index in [1.807, 2.05) is 31.2 Å². The highest BCUT2D eigenvalue weighted by molar-refractivity contribution is 6.04. The molecule has 0 fully saturated rings. The fourth-order valence-corrected chi connectivity index (χ4v) is 2.72. The van der Waals surface area contributed by atoms with Crippen LogP contribution in [0.4, 0.5) is 0 Å². The van der Waals surface area contributed by atoms with Crippen LogP contribution in [0.3, 0.4) is 0 Å². The molecule has 23 heavy (non-hydrogen) atoms. The molecule has 1 aliphatic heterocycles. The molecule has 0 saturated carbocycles. The second kappa shape index (κ2) is 6.12. The molecule has 118 valence electrons. The lowest BCUT2D eigenvalue weighted by molar-refractivity contribution is 0.0600. The highest BCUT2D eigenvalue weighted by atomic mass is 16.5. The van der Waals surface area contributed by atoms with Crippen molar-refractivity contribution in [3.05, 3.63) is 64.7 Å². The fourth-order valence-electron chi connectivity index (χ4n) is 2.72. The second-order valence-electron chi connectivity index (χ2n) is 5.47. The van der Waals surface area contributed by atoms with Crippen LogP contribution in [0.15, 0.2) is 47.6 Å². The van der Waals surface area contributed by atoms with Crippen LogP contribution in [0, 0.1) is 6.92 Å². The molecule has 0 aromatic heterocycles. The van der Waals surface area contributed by atoms with Gasteiger partial charge in [0.2, 0.25) is 0 Å². The third-order valence-corrected chi connectivity index (χ3v) is 3.89. The van der Waals surface area contributed by atoms with Gasteiger partial charge in [-0.15, -0.1) is 0 Å². The average Bonchev–Trinajstić information content (AvgIpc) is 2.60. The molecule has 0 amide bonds. The summed E-state index contributed by atoms with van der Waals surface area (Å²) in [5.41, 5.74) is 3.74. The van der Waals surface area contributed by atoms with Crippen molar-refractivity contribution in [3.63, 3.8) is 0 Å². The number of fused-ring (bicyclic) bond motifs is 1. The molecule has 0 unspecified atom stereocenters. The topological polar surface area (TPSA) is 68.1 Å². The van der Waals surface area contributed by atoms with Gasteiger partial charge in [0, 0.05) is 12.0 Å². The molecule has 0 saturated heterocycles. The van der Waals surface area contributed by atoms with Crippen molar-refractivity contribution in [1.82, 2.24) is 0 Å². The second-order valence-corrected chi connectivity index (χ2v) is 5.47. The number of nitrogens with zero attached hydrogens (tertiary/aromatic N) is 1. The van der Waals surface area contributed by atoms with Gasteiger partial charge in [0.25, 0.3) is 0 Å². The molecule has 0 bridgehead atoms. The van der Waals surface area contributed by atoms with Gasteiger partial charge in [-0.3, -0.25) is 0 Å². The van der Waals surface area contributed by atoms with Gasteiger partial charge in [-0.25, -0.2) is 4.79 Å². The van der Waals surface area contributed by atoms with Gasteiger partial charge in [0.05, 0.1) is 18.4 Å². The zero-order valence-electron chi connectivity index (χ0n) is 12.9. The maximum atomic E-state index is 11.7. The van der Waals surface area contributed by atoms with Crippen LogP contribution < -0.4 is 4.74 Å². The Morgan fingerprint density at radius 3 is 2.87 bits per heavy atom. The molecule has 5 nitrogen and oxygen atoms in total. The molecule has 2 aromatic carbocycles. The van der Waals surface area contributed by atoms with E-state index in [0.717, 1.165) is 16.7 Å². The first-order valence-corrected chi connectivity index (χ1v) is 7.29. The Hall–Kier alpha value is -2.82. The summed E-state index contributed by atoms with van der Waals surface area (Å²) in [5, 5.41) is 12.8. The molecule has 0 aliphatic carbocycles. The smallest absolute Gasteiger partial charge is 0.337 e. The van der Waals surface area contributed by atoms with Crippen LogP contribution in [0.25, 0.3) is 0 Å². The summed E-state index contributed by atoms with van der Waals surface area (Å²) < 4.78 is 10.8. The van der Waals surface area contributed by atoms with Crippen molar-refractivity contribution in [1.29, 1.82) is 0 Å². The number of aryl methyl sites for hydroxylation is 1. The number of hydrogen-bond acceptors (Lipinski definition) is 5. The molecular formula is C18H17NO4. The van der Waals surface area contributed by atoms with Crippen molar-refractivity contribution in [2.24, 2.45) is 5.16 Å². The van der Waals surface area contributed by atoms with E-state index in [2.05, 4.69) is 5.16 Å². The SMILES string of the molecule is COC(=O)c1cccc([C@H]2CC(=NO)c3cc(C)ccc3O2)c1. The highest BCUT2D eigenvalue weighted by Gasteiger charge is 2.27. The first-order valence-electron chi connectivity index (χ1n) is 7.29. The van der Waals surface area contributed by atoms with E-state index in [1.54, 1.807) is 18.2 Å². The molecule has 3 rings (SSSR count). The number of methoxy groups -OCH3 is 1. The Morgan fingerprint density at radius 1 is 1.30 bits per heavy atom. The zero-order valence-corrected chi connectivity index (χ0v) is 12.9. The number of oxime groups is 1.